The fourth-order valence-corrected chi connectivity index (χ4v) is 6.08. The molecule has 2 unspecified atom stereocenters. The van der Waals surface area contributed by atoms with Gasteiger partial charge in [-0.2, -0.15) is 0 Å². The Kier molecular flexibility index (Phi) is 18.6. The molecule has 0 aromatic rings. The lowest BCUT2D eigenvalue weighted by molar-refractivity contribution is -0.307. The van der Waals surface area contributed by atoms with Crippen LogP contribution in [-0.4, -0.2) is 91.0 Å². The van der Waals surface area contributed by atoms with Gasteiger partial charge in [-0.25, -0.2) is 0 Å². The summed E-state index contributed by atoms with van der Waals surface area (Å²) in [5.74, 6) is -3.00. The van der Waals surface area contributed by atoms with Gasteiger partial charge in [0.15, 0.2) is 24.3 Å². The van der Waals surface area contributed by atoms with Gasteiger partial charge >= 0.3 is 17.9 Å². The summed E-state index contributed by atoms with van der Waals surface area (Å²) in [4.78, 5) is 38.2. The largest absolute Gasteiger partial charge is 0.463 e. The summed E-state index contributed by atoms with van der Waals surface area (Å²) < 4.78 is 39.8. The third kappa shape index (κ3) is 15.1. The Bertz CT molecular complexity index is 1010. The van der Waals surface area contributed by atoms with Crippen molar-refractivity contribution in [3.05, 3.63) is 10.4 Å². The molecule has 2 fully saturated rings. The van der Waals surface area contributed by atoms with Crippen LogP contribution in [0, 0.1) is 0 Å². The van der Waals surface area contributed by atoms with Crippen molar-refractivity contribution in [1.82, 2.24) is 0 Å². The maximum Gasteiger partial charge on any atom is 0.303 e. The smallest absolute Gasteiger partial charge is 0.303 e. The summed E-state index contributed by atoms with van der Waals surface area (Å²) in [6, 6.07) is -0.856. The van der Waals surface area contributed by atoms with Crippen LogP contribution in [0.1, 0.15) is 125 Å². The summed E-state index contributed by atoms with van der Waals surface area (Å²) in [6.07, 6.45) is 7.66. The predicted octanol–water partition coefficient (Wildman–Crippen LogP) is 5.81. The summed E-state index contributed by atoms with van der Waals surface area (Å²) >= 11 is 0. The molecule has 0 aromatic carbocycles. The Morgan fingerprint density at radius 2 is 1.38 bits per heavy atom. The Morgan fingerprint density at radius 1 is 0.830 bits per heavy atom. The number of azide groups is 1. The van der Waals surface area contributed by atoms with Crippen molar-refractivity contribution in [1.29, 1.82) is 0 Å². The minimum atomic E-state index is -1.60. The summed E-state index contributed by atoms with van der Waals surface area (Å²) in [7, 11) is 0. The lowest BCUT2D eigenvalue weighted by Crippen LogP contribution is -2.62. The molecule has 2 saturated heterocycles. The molecule has 2 rings (SSSR count). The Morgan fingerprint density at radius 3 is 1.91 bits per heavy atom. The van der Waals surface area contributed by atoms with E-state index in [9.17, 15) is 25.0 Å². The molecule has 0 radical (unpaired) electrons. The van der Waals surface area contributed by atoms with Crippen LogP contribution in [0.3, 0.4) is 0 Å². The molecule has 0 amide bonds. The van der Waals surface area contributed by atoms with Crippen molar-refractivity contribution in [3.8, 4) is 0 Å². The van der Waals surface area contributed by atoms with Crippen LogP contribution in [0.2, 0.25) is 0 Å². The predicted molar refractivity (Wildman–Crippen MR) is 171 cm³/mol. The van der Waals surface area contributed by atoms with E-state index in [1.54, 1.807) is 13.8 Å². The van der Waals surface area contributed by atoms with Crippen molar-refractivity contribution in [3.63, 3.8) is 0 Å². The highest BCUT2D eigenvalue weighted by atomic mass is 16.8. The fraction of sp³-hybridized carbons (Fsp3) is 0.909. The van der Waals surface area contributed by atoms with E-state index in [0.29, 0.717) is 6.42 Å². The molecule has 14 nitrogen and oxygen atoms in total. The lowest BCUT2D eigenvalue weighted by atomic mass is 9.98. The minimum Gasteiger partial charge on any atom is -0.463 e. The Balaban J connectivity index is 1.99. The van der Waals surface area contributed by atoms with Crippen molar-refractivity contribution >= 4 is 17.9 Å². The molecular weight excluding hydrogens is 614 g/mol. The van der Waals surface area contributed by atoms with Gasteiger partial charge in [0.2, 0.25) is 0 Å². The Hall–Kier alpha value is -2.48. The zero-order chi connectivity index (χ0) is 34.8. The zero-order valence-corrected chi connectivity index (χ0v) is 29.1. The molecule has 0 bridgehead atoms. The van der Waals surface area contributed by atoms with E-state index in [4.69, 9.17) is 33.2 Å². The van der Waals surface area contributed by atoms with E-state index < -0.39 is 66.5 Å². The highest BCUT2D eigenvalue weighted by Crippen LogP contribution is 2.35. The zero-order valence-electron chi connectivity index (χ0n) is 29.1. The van der Waals surface area contributed by atoms with Gasteiger partial charge in [-0.15, -0.1) is 0 Å². The Labute approximate surface area is 279 Å². The van der Waals surface area contributed by atoms with Gasteiger partial charge in [0, 0.05) is 25.7 Å². The summed E-state index contributed by atoms with van der Waals surface area (Å²) in [5.41, 5.74) is 9.39. The molecule has 8 atom stereocenters. The van der Waals surface area contributed by atoms with E-state index >= 15 is 0 Å². The standard InChI is InChI=1S/C33H57N3O11/c1-7-8-9-10-11-12-13-14-15-16-17-18-19-26-29(47-33(5,6)46-26)25(35-36-34)20-42-32-28(40)31(44-24(4)39)30(43-23(3)38)27(45-32)21-41-22(2)37/h25-32,40H,7-21H2,1-6H3/t25-,26+,27?,28?,29-,30-,31-,32-/m0/s1. The van der Waals surface area contributed by atoms with Crippen LogP contribution >= 0.6 is 0 Å². The van der Waals surface area contributed by atoms with Crippen molar-refractivity contribution in [2.45, 2.75) is 180 Å². The third-order valence-electron chi connectivity index (χ3n) is 8.24. The first-order chi connectivity index (χ1) is 22.4. The van der Waals surface area contributed by atoms with E-state index in [1.165, 1.54) is 64.7 Å². The fourth-order valence-electron chi connectivity index (χ4n) is 6.08. The van der Waals surface area contributed by atoms with Gasteiger partial charge in [-0.3, -0.25) is 14.4 Å². The van der Waals surface area contributed by atoms with Crippen LogP contribution in [0.5, 0.6) is 0 Å². The van der Waals surface area contributed by atoms with Gasteiger partial charge < -0.3 is 38.3 Å². The first-order valence-electron chi connectivity index (χ1n) is 17.2. The monoisotopic (exact) mass is 671 g/mol. The molecule has 0 aliphatic carbocycles. The van der Waals surface area contributed by atoms with Crippen LogP contribution in [-0.2, 0) is 47.5 Å². The lowest BCUT2D eigenvalue weighted by Gasteiger charge is -2.43. The number of aliphatic hydroxyl groups excluding tert-OH is 1. The van der Waals surface area contributed by atoms with Gasteiger partial charge in [0.05, 0.1) is 24.9 Å². The molecule has 0 spiro atoms. The third-order valence-corrected chi connectivity index (χ3v) is 8.24. The number of ether oxygens (including phenoxy) is 7. The highest BCUT2D eigenvalue weighted by Gasteiger charge is 2.51. The SMILES string of the molecule is CCCCCCCCCCCCCC[C@H]1OC(C)(C)O[C@H]1[C@H](CO[C@H]1OC(COC(C)=O)[C@H](OC(C)=O)[C@@H](OC(C)=O)C1O)N=[N+]=[N-]. The number of carbonyl (C=O) groups excluding carboxylic acids is 3. The van der Waals surface area contributed by atoms with Crippen molar-refractivity contribution in [2.24, 2.45) is 5.11 Å². The van der Waals surface area contributed by atoms with E-state index in [2.05, 4.69) is 16.9 Å². The second-order valence-corrected chi connectivity index (χ2v) is 12.9. The molecule has 0 aromatic heterocycles. The van der Waals surface area contributed by atoms with Gasteiger partial charge in [-0.1, -0.05) is 89.1 Å². The summed E-state index contributed by atoms with van der Waals surface area (Å²) in [5, 5.41) is 15.0. The van der Waals surface area contributed by atoms with Crippen LogP contribution in [0.25, 0.3) is 10.4 Å². The number of rotatable bonds is 22. The molecular formula is C33H57N3O11. The molecule has 47 heavy (non-hydrogen) atoms. The number of hydrogen-bond donors (Lipinski definition) is 1. The average Bonchev–Trinajstić information content (AvgIpc) is 3.31. The topological polar surface area (TPSA) is 185 Å². The minimum absolute atomic E-state index is 0.240. The molecule has 0 saturated carbocycles. The van der Waals surface area contributed by atoms with Gasteiger partial charge in [-0.05, 0) is 25.8 Å². The maximum absolute atomic E-state index is 11.9. The molecule has 2 heterocycles. The molecule has 14 heteroatoms. The van der Waals surface area contributed by atoms with E-state index in [1.807, 2.05) is 0 Å². The normalized spacial score (nSPS) is 27.4. The van der Waals surface area contributed by atoms with E-state index in [0.717, 1.165) is 33.1 Å². The van der Waals surface area contributed by atoms with Gasteiger partial charge in [0.25, 0.3) is 0 Å². The molecule has 1 N–H and O–H groups in total. The van der Waals surface area contributed by atoms with Gasteiger partial charge in [0.1, 0.15) is 18.8 Å². The number of carbonyl (C=O) groups is 3. The first-order valence-corrected chi connectivity index (χ1v) is 17.2. The van der Waals surface area contributed by atoms with Crippen LogP contribution in [0.15, 0.2) is 5.11 Å². The number of esters is 3. The summed E-state index contributed by atoms with van der Waals surface area (Å²) in [6.45, 7) is 8.69. The number of nitrogens with zero attached hydrogens (tertiary/aromatic N) is 3. The number of unbranched alkanes of at least 4 members (excludes halogenated alkanes) is 11. The second-order valence-electron chi connectivity index (χ2n) is 12.9. The average molecular weight is 672 g/mol. The first kappa shape index (κ1) is 40.7. The number of hydrogen-bond acceptors (Lipinski definition) is 12. The maximum atomic E-state index is 11.9. The van der Waals surface area contributed by atoms with Crippen LogP contribution < -0.4 is 0 Å². The highest BCUT2D eigenvalue weighted by molar-refractivity contribution is 5.67. The van der Waals surface area contributed by atoms with Crippen LogP contribution in [0.4, 0.5) is 0 Å². The molecule has 2 aliphatic heterocycles. The molecule has 2 aliphatic rings. The molecule has 270 valence electrons. The van der Waals surface area contributed by atoms with E-state index in [-0.39, 0.29) is 19.3 Å². The second kappa shape index (κ2) is 21.5. The van der Waals surface area contributed by atoms with Crippen molar-refractivity contribution in [2.75, 3.05) is 13.2 Å². The quantitative estimate of drug-likeness (QED) is 0.0366. The van der Waals surface area contributed by atoms with Crippen molar-refractivity contribution < 1.29 is 52.6 Å². The number of aliphatic hydroxyl groups is 1.